The highest BCUT2D eigenvalue weighted by atomic mass is 16.4. The predicted molar refractivity (Wildman–Crippen MR) is 111 cm³/mol. The third kappa shape index (κ3) is 3.03. The second-order valence-electron chi connectivity index (χ2n) is 8.53. The van der Waals surface area contributed by atoms with Gasteiger partial charge in [0.05, 0.1) is 28.6 Å². The van der Waals surface area contributed by atoms with Gasteiger partial charge in [-0.05, 0) is 54.5 Å². The van der Waals surface area contributed by atoms with Crippen LogP contribution < -0.4 is 5.32 Å². The first-order valence-electron chi connectivity index (χ1n) is 10.1. The molecule has 2 saturated carbocycles. The molecule has 30 heavy (non-hydrogen) atoms. The maximum absolute atomic E-state index is 13.1. The van der Waals surface area contributed by atoms with Crippen LogP contribution in [0.3, 0.4) is 0 Å². The number of nitrogens with one attached hydrogen (secondary N) is 1. The summed E-state index contributed by atoms with van der Waals surface area (Å²) in [6.45, 7) is 0.604. The molecule has 1 amide bonds. The summed E-state index contributed by atoms with van der Waals surface area (Å²) in [5.74, 6) is -1.11. The number of hydrogen-bond acceptors (Lipinski definition) is 3. The van der Waals surface area contributed by atoms with Crippen molar-refractivity contribution in [3.05, 3.63) is 71.4 Å². The molecule has 6 heteroatoms. The number of rotatable bonds is 5. The number of benzene rings is 2. The van der Waals surface area contributed by atoms with Crippen molar-refractivity contribution in [3.8, 4) is 6.07 Å². The van der Waals surface area contributed by atoms with Crippen molar-refractivity contribution in [2.75, 3.05) is 0 Å². The Kier molecular flexibility index (Phi) is 4.14. The first kappa shape index (κ1) is 18.4. The first-order chi connectivity index (χ1) is 14.5. The second-order valence-corrected chi connectivity index (χ2v) is 8.53. The van der Waals surface area contributed by atoms with Crippen molar-refractivity contribution in [2.24, 2.45) is 11.3 Å². The Labute approximate surface area is 173 Å². The maximum Gasteiger partial charge on any atom is 0.306 e. The normalized spacial score (nSPS) is 24.2. The van der Waals surface area contributed by atoms with Crippen molar-refractivity contribution < 1.29 is 14.7 Å². The number of carboxylic acids is 1. The lowest BCUT2D eigenvalue weighted by Gasteiger charge is -2.33. The van der Waals surface area contributed by atoms with Gasteiger partial charge in [-0.25, -0.2) is 0 Å². The minimum Gasteiger partial charge on any atom is -0.481 e. The smallest absolute Gasteiger partial charge is 0.306 e. The van der Waals surface area contributed by atoms with Crippen LogP contribution >= 0.6 is 0 Å². The van der Waals surface area contributed by atoms with E-state index >= 15 is 0 Å². The van der Waals surface area contributed by atoms with E-state index in [0.29, 0.717) is 30.5 Å². The van der Waals surface area contributed by atoms with Crippen LogP contribution in [-0.2, 0) is 11.3 Å². The van der Waals surface area contributed by atoms with Gasteiger partial charge in [-0.1, -0.05) is 24.3 Å². The van der Waals surface area contributed by atoms with Crippen molar-refractivity contribution in [3.63, 3.8) is 0 Å². The van der Waals surface area contributed by atoms with Crippen LogP contribution in [-0.4, -0.2) is 27.6 Å². The fourth-order valence-corrected chi connectivity index (χ4v) is 4.79. The lowest BCUT2D eigenvalue weighted by molar-refractivity contribution is -0.147. The van der Waals surface area contributed by atoms with E-state index < -0.39 is 5.97 Å². The van der Waals surface area contributed by atoms with Crippen LogP contribution in [0.25, 0.3) is 10.9 Å². The summed E-state index contributed by atoms with van der Waals surface area (Å²) < 4.78 is 2.05. The summed E-state index contributed by atoms with van der Waals surface area (Å²) in [6.07, 6.45) is 4.16. The molecule has 3 aromatic rings. The second kappa shape index (κ2) is 6.74. The molecule has 150 valence electrons. The van der Waals surface area contributed by atoms with Crippen molar-refractivity contribution >= 4 is 22.8 Å². The average Bonchev–Trinajstić information content (AvgIpc) is 3.30. The molecule has 2 aromatic carbocycles. The van der Waals surface area contributed by atoms with Crippen molar-refractivity contribution in [2.45, 2.75) is 31.8 Å². The highest BCUT2D eigenvalue weighted by Crippen LogP contribution is 2.63. The Morgan fingerprint density at radius 2 is 1.90 bits per heavy atom. The number of aromatic nitrogens is 1. The number of carboxylic acid groups (broad SMARTS) is 1. The molecular weight excluding hydrogens is 378 g/mol. The number of fused-ring (bicyclic) bond motifs is 1. The molecule has 1 heterocycles. The van der Waals surface area contributed by atoms with E-state index in [-0.39, 0.29) is 23.3 Å². The Morgan fingerprint density at radius 1 is 1.13 bits per heavy atom. The molecule has 1 unspecified atom stereocenters. The molecule has 2 fully saturated rings. The fraction of sp³-hybridized carbons (Fsp3) is 0.292. The van der Waals surface area contributed by atoms with Crippen LogP contribution in [0.2, 0.25) is 0 Å². The molecule has 1 spiro atoms. The van der Waals surface area contributed by atoms with Gasteiger partial charge in [-0.15, -0.1) is 0 Å². The quantitative estimate of drug-likeness (QED) is 0.686. The Balaban J connectivity index is 1.36. The number of hydrogen-bond donors (Lipinski definition) is 2. The molecule has 6 nitrogen and oxygen atoms in total. The van der Waals surface area contributed by atoms with Gasteiger partial charge in [0, 0.05) is 24.2 Å². The number of nitriles is 1. The highest BCUT2D eigenvalue weighted by Gasteiger charge is 2.63. The first-order valence-corrected chi connectivity index (χ1v) is 10.1. The summed E-state index contributed by atoms with van der Waals surface area (Å²) in [7, 11) is 0. The third-order valence-electron chi connectivity index (χ3n) is 6.62. The SMILES string of the molecule is N#Cc1ccc(Cn2ccc3cccc(C(=O)NC4CC45CC(C(=O)O)C5)c32)cc1. The minimum atomic E-state index is -0.733. The molecule has 5 rings (SSSR count). The number of amides is 1. The van der Waals surface area contributed by atoms with Gasteiger partial charge in [-0.2, -0.15) is 5.26 Å². The molecule has 2 aliphatic rings. The van der Waals surface area contributed by atoms with E-state index in [1.54, 1.807) is 12.1 Å². The summed E-state index contributed by atoms with van der Waals surface area (Å²) >= 11 is 0. The lowest BCUT2D eigenvalue weighted by atomic mass is 9.71. The standard InChI is InChI=1S/C24H21N3O3/c25-13-15-4-6-16(7-5-15)14-27-9-8-17-2-1-3-19(21(17)27)22(28)26-20-12-24(20)10-18(11-24)23(29)30/h1-9,18,20H,10-12,14H2,(H,26,28)(H,29,30). The van der Waals surface area contributed by atoms with Crippen LogP contribution in [0.5, 0.6) is 0 Å². The molecule has 1 atom stereocenters. The summed E-state index contributed by atoms with van der Waals surface area (Å²) in [5.41, 5.74) is 3.18. The van der Waals surface area contributed by atoms with E-state index in [2.05, 4.69) is 16.0 Å². The number of nitrogens with zero attached hydrogens (tertiary/aromatic N) is 2. The van der Waals surface area contributed by atoms with Crippen LogP contribution in [0.4, 0.5) is 0 Å². The monoisotopic (exact) mass is 399 g/mol. The number of carbonyl (C=O) groups excluding carboxylic acids is 1. The van der Waals surface area contributed by atoms with E-state index in [4.69, 9.17) is 10.4 Å². The van der Waals surface area contributed by atoms with Gasteiger partial charge < -0.3 is 15.0 Å². The van der Waals surface area contributed by atoms with Gasteiger partial charge in [0.15, 0.2) is 0 Å². The van der Waals surface area contributed by atoms with Crippen molar-refractivity contribution in [1.82, 2.24) is 9.88 Å². The van der Waals surface area contributed by atoms with Gasteiger partial charge in [0.2, 0.25) is 0 Å². The van der Waals surface area contributed by atoms with E-state index in [9.17, 15) is 9.59 Å². The van der Waals surface area contributed by atoms with Gasteiger partial charge in [0.1, 0.15) is 0 Å². The van der Waals surface area contributed by atoms with Crippen molar-refractivity contribution in [1.29, 1.82) is 5.26 Å². The van der Waals surface area contributed by atoms with Gasteiger partial charge in [-0.3, -0.25) is 9.59 Å². The largest absolute Gasteiger partial charge is 0.481 e. The van der Waals surface area contributed by atoms with Gasteiger partial charge >= 0.3 is 5.97 Å². The number of aliphatic carboxylic acids is 1. The summed E-state index contributed by atoms with van der Waals surface area (Å²) in [6, 6.07) is 17.3. The molecule has 0 bridgehead atoms. The molecular formula is C24H21N3O3. The number of para-hydroxylation sites is 1. The predicted octanol–water partition coefficient (Wildman–Crippen LogP) is 3.54. The molecule has 2 aliphatic carbocycles. The molecule has 1 aromatic heterocycles. The van der Waals surface area contributed by atoms with E-state index in [1.807, 2.05) is 42.6 Å². The Hall–Kier alpha value is -3.59. The average molecular weight is 399 g/mol. The fourth-order valence-electron chi connectivity index (χ4n) is 4.79. The van der Waals surface area contributed by atoms with Gasteiger partial charge in [0.25, 0.3) is 5.91 Å². The Morgan fingerprint density at radius 3 is 2.60 bits per heavy atom. The minimum absolute atomic E-state index is 0.00288. The zero-order valence-corrected chi connectivity index (χ0v) is 16.3. The molecule has 0 saturated heterocycles. The molecule has 0 radical (unpaired) electrons. The van der Waals surface area contributed by atoms with E-state index in [1.165, 1.54) is 0 Å². The summed E-state index contributed by atoms with van der Waals surface area (Å²) in [4.78, 5) is 24.1. The summed E-state index contributed by atoms with van der Waals surface area (Å²) in [5, 5.41) is 22.2. The Bertz CT molecular complexity index is 1200. The lowest BCUT2D eigenvalue weighted by Crippen LogP contribution is -2.39. The van der Waals surface area contributed by atoms with Crippen LogP contribution in [0.1, 0.15) is 40.7 Å². The number of carbonyl (C=O) groups is 2. The molecule has 0 aliphatic heterocycles. The zero-order valence-electron chi connectivity index (χ0n) is 16.3. The van der Waals surface area contributed by atoms with E-state index in [0.717, 1.165) is 22.9 Å². The topological polar surface area (TPSA) is 95.1 Å². The zero-order chi connectivity index (χ0) is 20.9. The maximum atomic E-state index is 13.1. The van der Waals surface area contributed by atoms with Crippen LogP contribution in [0, 0.1) is 22.7 Å². The van der Waals surface area contributed by atoms with Crippen LogP contribution in [0.15, 0.2) is 54.7 Å². The highest BCUT2D eigenvalue weighted by molar-refractivity contribution is 6.06. The molecule has 2 N–H and O–H groups in total. The third-order valence-corrected chi connectivity index (χ3v) is 6.62.